The van der Waals surface area contributed by atoms with Crippen molar-refractivity contribution in [3.05, 3.63) is 70.6 Å². The van der Waals surface area contributed by atoms with Crippen molar-refractivity contribution in [2.24, 2.45) is 0 Å². The molecule has 0 atom stereocenters. The highest BCUT2D eigenvalue weighted by molar-refractivity contribution is 7.71. The smallest absolute Gasteiger partial charge is 0.287 e. The van der Waals surface area contributed by atoms with Gasteiger partial charge in [0.05, 0.1) is 0 Å². The zero-order valence-electron chi connectivity index (χ0n) is 12.0. The maximum atomic E-state index is 12.2. The minimum atomic E-state index is -0.0551. The predicted octanol–water partition coefficient (Wildman–Crippen LogP) is 4.06. The Balaban J connectivity index is 1.85. The number of hydrogen-bond acceptors (Lipinski definition) is 4. The van der Waals surface area contributed by atoms with Gasteiger partial charge in [0.2, 0.25) is 5.89 Å². The number of ketones is 1. The van der Waals surface area contributed by atoms with Crippen LogP contribution in [0.3, 0.4) is 0 Å². The molecular weight excluding hydrogens is 296 g/mol. The number of rotatable bonds is 4. The number of carbonyl (C=O) groups is 1. The minimum Gasteiger partial charge on any atom is -0.409 e. The summed E-state index contributed by atoms with van der Waals surface area (Å²) in [5, 5.41) is 4.30. The van der Waals surface area contributed by atoms with Gasteiger partial charge in [-0.1, -0.05) is 48.0 Å². The lowest BCUT2D eigenvalue weighted by Gasteiger charge is -1.99. The van der Waals surface area contributed by atoms with E-state index in [-0.39, 0.29) is 17.2 Å². The third kappa shape index (κ3) is 3.04. The molecular formula is C17H14N2O2S. The third-order valence-electron chi connectivity index (χ3n) is 3.29. The van der Waals surface area contributed by atoms with Crippen molar-refractivity contribution in [3.63, 3.8) is 0 Å². The Hall–Kier alpha value is -2.53. The van der Waals surface area contributed by atoms with Crippen molar-refractivity contribution >= 4 is 18.0 Å². The molecule has 0 amide bonds. The highest BCUT2D eigenvalue weighted by atomic mass is 32.1. The van der Waals surface area contributed by atoms with Gasteiger partial charge >= 0.3 is 0 Å². The first-order valence-electron chi connectivity index (χ1n) is 6.87. The molecule has 0 saturated heterocycles. The van der Waals surface area contributed by atoms with Gasteiger partial charge in [-0.3, -0.25) is 4.79 Å². The van der Waals surface area contributed by atoms with Crippen molar-refractivity contribution in [2.45, 2.75) is 13.5 Å². The molecule has 5 heteroatoms. The van der Waals surface area contributed by atoms with Crippen molar-refractivity contribution in [1.82, 2.24) is 9.78 Å². The second kappa shape index (κ2) is 6.07. The number of aromatic nitrogens is 2. The van der Waals surface area contributed by atoms with Gasteiger partial charge in [-0.15, -0.1) is 5.10 Å². The average Bonchev–Trinajstić information content (AvgIpc) is 2.90. The predicted molar refractivity (Wildman–Crippen MR) is 86.3 cm³/mol. The van der Waals surface area contributed by atoms with Gasteiger partial charge in [0.15, 0.2) is 5.78 Å². The van der Waals surface area contributed by atoms with E-state index in [0.29, 0.717) is 11.5 Å². The molecule has 1 aromatic heterocycles. The molecule has 110 valence electrons. The van der Waals surface area contributed by atoms with Crippen molar-refractivity contribution in [2.75, 3.05) is 0 Å². The largest absolute Gasteiger partial charge is 0.409 e. The molecule has 0 bridgehead atoms. The van der Waals surface area contributed by atoms with Crippen LogP contribution in [0.15, 0.2) is 59.0 Å². The van der Waals surface area contributed by atoms with E-state index in [9.17, 15) is 4.79 Å². The number of carbonyl (C=O) groups excluding carboxylic acids is 1. The van der Waals surface area contributed by atoms with Crippen LogP contribution in [0.2, 0.25) is 0 Å². The fourth-order valence-electron chi connectivity index (χ4n) is 2.07. The molecule has 0 N–H and O–H groups in total. The topological polar surface area (TPSA) is 48.0 Å². The molecule has 0 aliphatic rings. The van der Waals surface area contributed by atoms with E-state index in [1.165, 1.54) is 4.68 Å². The highest BCUT2D eigenvalue weighted by Crippen LogP contribution is 2.18. The van der Waals surface area contributed by atoms with Crippen LogP contribution >= 0.6 is 12.2 Å². The van der Waals surface area contributed by atoms with E-state index >= 15 is 0 Å². The Morgan fingerprint density at radius 2 is 1.82 bits per heavy atom. The van der Waals surface area contributed by atoms with E-state index in [0.717, 1.165) is 11.1 Å². The minimum absolute atomic E-state index is 0.0551. The first kappa shape index (κ1) is 14.4. The van der Waals surface area contributed by atoms with Gasteiger partial charge in [-0.05, 0) is 31.3 Å². The molecule has 0 fully saturated rings. The van der Waals surface area contributed by atoms with E-state index in [1.807, 2.05) is 49.4 Å². The van der Waals surface area contributed by atoms with Crippen LogP contribution in [0.25, 0.3) is 11.5 Å². The summed E-state index contributed by atoms with van der Waals surface area (Å²) in [6.07, 6.45) is 0. The summed E-state index contributed by atoms with van der Waals surface area (Å²) >= 11 is 5.15. The van der Waals surface area contributed by atoms with Crippen LogP contribution in [-0.4, -0.2) is 15.6 Å². The summed E-state index contributed by atoms with van der Waals surface area (Å²) < 4.78 is 6.91. The Morgan fingerprint density at radius 3 is 2.50 bits per heavy atom. The van der Waals surface area contributed by atoms with Crippen molar-refractivity contribution in [3.8, 4) is 11.5 Å². The van der Waals surface area contributed by atoms with Crippen LogP contribution in [0, 0.1) is 11.8 Å². The summed E-state index contributed by atoms with van der Waals surface area (Å²) in [5.41, 5.74) is 2.62. The Bertz CT molecular complexity index is 848. The highest BCUT2D eigenvalue weighted by Gasteiger charge is 2.12. The molecule has 0 aliphatic heterocycles. The van der Waals surface area contributed by atoms with E-state index in [2.05, 4.69) is 5.10 Å². The molecule has 3 rings (SSSR count). The number of hydrogen-bond donors (Lipinski definition) is 0. The zero-order valence-corrected chi connectivity index (χ0v) is 12.8. The van der Waals surface area contributed by atoms with E-state index in [1.54, 1.807) is 12.1 Å². The molecule has 1 heterocycles. The molecule has 3 aromatic rings. The van der Waals surface area contributed by atoms with Crippen LogP contribution in [0.5, 0.6) is 0 Å². The van der Waals surface area contributed by atoms with Gasteiger partial charge < -0.3 is 4.42 Å². The lowest BCUT2D eigenvalue weighted by molar-refractivity contribution is 0.0966. The summed E-state index contributed by atoms with van der Waals surface area (Å²) in [7, 11) is 0. The van der Waals surface area contributed by atoms with Crippen LogP contribution in [0.4, 0.5) is 0 Å². The summed E-state index contributed by atoms with van der Waals surface area (Å²) in [6, 6.07) is 16.8. The molecule has 2 aromatic carbocycles. The SMILES string of the molecule is Cc1ccc(-c2nn(CC(=O)c3ccccc3)c(=S)o2)cc1. The molecule has 0 radical (unpaired) electrons. The first-order valence-corrected chi connectivity index (χ1v) is 7.27. The Labute approximate surface area is 133 Å². The zero-order chi connectivity index (χ0) is 15.5. The van der Waals surface area contributed by atoms with Gasteiger partial charge in [0.1, 0.15) is 6.54 Å². The van der Waals surface area contributed by atoms with Crippen molar-refractivity contribution in [1.29, 1.82) is 0 Å². The molecule has 0 spiro atoms. The summed E-state index contributed by atoms with van der Waals surface area (Å²) in [6.45, 7) is 2.08. The van der Waals surface area contributed by atoms with E-state index < -0.39 is 0 Å². The molecule has 0 aliphatic carbocycles. The summed E-state index contributed by atoms with van der Waals surface area (Å²) in [5.74, 6) is 0.367. The first-order chi connectivity index (χ1) is 10.6. The van der Waals surface area contributed by atoms with Crippen LogP contribution < -0.4 is 0 Å². The molecule has 22 heavy (non-hydrogen) atoms. The monoisotopic (exact) mass is 310 g/mol. The second-order valence-electron chi connectivity index (χ2n) is 4.99. The Kier molecular flexibility index (Phi) is 3.98. The molecule has 0 unspecified atom stereocenters. The standard InChI is InChI=1S/C17H14N2O2S/c1-12-7-9-14(10-8-12)16-18-19(17(22)21-16)11-15(20)13-5-3-2-4-6-13/h2-10H,11H2,1H3. The number of benzene rings is 2. The van der Waals surface area contributed by atoms with Gasteiger partial charge in [0, 0.05) is 11.1 Å². The van der Waals surface area contributed by atoms with Gasteiger partial charge in [-0.25, -0.2) is 4.68 Å². The maximum Gasteiger partial charge on any atom is 0.287 e. The number of aryl methyl sites for hydroxylation is 1. The van der Waals surface area contributed by atoms with Crippen molar-refractivity contribution < 1.29 is 9.21 Å². The average molecular weight is 310 g/mol. The second-order valence-corrected chi connectivity index (χ2v) is 5.34. The fraction of sp³-hybridized carbons (Fsp3) is 0.118. The molecule has 0 saturated carbocycles. The van der Waals surface area contributed by atoms with Crippen LogP contribution in [-0.2, 0) is 6.54 Å². The van der Waals surface area contributed by atoms with Gasteiger partial charge in [0.25, 0.3) is 4.84 Å². The third-order valence-corrected chi connectivity index (χ3v) is 3.59. The van der Waals surface area contributed by atoms with E-state index in [4.69, 9.17) is 16.6 Å². The lowest BCUT2D eigenvalue weighted by atomic mass is 10.1. The maximum absolute atomic E-state index is 12.2. The van der Waals surface area contributed by atoms with Gasteiger partial charge in [-0.2, -0.15) is 0 Å². The number of nitrogens with zero attached hydrogens (tertiary/aromatic N) is 2. The van der Waals surface area contributed by atoms with Crippen LogP contribution in [0.1, 0.15) is 15.9 Å². The normalized spacial score (nSPS) is 10.6. The lowest BCUT2D eigenvalue weighted by Crippen LogP contribution is -2.11. The quantitative estimate of drug-likeness (QED) is 0.538. The Morgan fingerprint density at radius 1 is 1.14 bits per heavy atom. The molecule has 4 nitrogen and oxygen atoms in total. The number of Topliss-reactive ketones (excluding diaryl/α,β-unsaturated/α-hetero) is 1. The summed E-state index contributed by atoms with van der Waals surface area (Å²) in [4.78, 5) is 12.4. The fourth-order valence-corrected chi connectivity index (χ4v) is 2.25.